The van der Waals surface area contributed by atoms with Crippen LogP contribution in [0.25, 0.3) is 10.2 Å². The minimum absolute atomic E-state index is 0.000806. The summed E-state index contributed by atoms with van der Waals surface area (Å²) in [5, 5.41) is 6.73. The Bertz CT molecular complexity index is 1040. The van der Waals surface area contributed by atoms with Crippen LogP contribution in [0.3, 0.4) is 0 Å². The maximum Gasteiger partial charge on any atom is 0.328 e. The van der Waals surface area contributed by atoms with E-state index in [1.54, 1.807) is 22.8 Å². The Hall–Kier alpha value is -2.19. The fourth-order valence-corrected chi connectivity index (χ4v) is 5.52. The summed E-state index contributed by atoms with van der Waals surface area (Å²) in [6.45, 7) is 0.417. The molecule has 2 N–H and O–H groups in total. The number of aromatic nitrogens is 2. The van der Waals surface area contributed by atoms with E-state index in [9.17, 15) is 14.4 Å². The summed E-state index contributed by atoms with van der Waals surface area (Å²) in [5.74, 6) is -0.000806. The number of nitrogens with one attached hydrogen (secondary N) is 2. The first-order chi connectivity index (χ1) is 12.6. The summed E-state index contributed by atoms with van der Waals surface area (Å²) >= 11 is 2.92. The number of hydrogen-bond donors (Lipinski definition) is 2. The molecule has 8 heteroatoms. The van der Waals surface area contributed by atoms with Gasteiger partial charge in [0.25, 0.3) is 5.56 Å². The highest BCUT2D eigenvalue weighted by Crippen LogP contribution is 2.43. The van der Waals surface area contributed by atoms with E-state index < -0.39 is 11.1 Å². The van der Waals surface area contributed by atoms with Gasteiger partial charge in [0, 0.05) is 18.0 Å². The molecule has 0 aliphatic heterocycles. The van der Waals surface area contributed by atoms with Gasteiger partial charge >= 0.3 is 5.69 Å². The smallest absolute Gasteiger partial charge is 0.328 e. The third kappa shape index (κ3) is 2.83. The monoisotopic (exact) mass is 389 g/mol. The molecule has 3 aromatic rings. The zero-order valence-electron chi connectivity index (χ0n) is 14.1. The number of carbonyl (C=O) groups excluding carboxylic acids is 1. The zero-order chi connectivity index (χ0) is 18.1. The molecule has 3 heterocycles. The number of rotatable bonds is 5. The van der Waals surface area contributed by atoms with Gasteiger partial charge in [0.05, 0.1) is 10.9 Å². The van der Waals surface area contributed by atoms with Crippen LogP contribution >= 0.6 is 22.7 Å². The number of aromatic amines is 1. The van der Waals surface area contributed by atoms with Crippen LogP contribution in [0.5, 0.6) is 0 Å². The summed E-state index contributed by atoms with van der Waals surface area (Å²) in [7, 11) is 0. The molecule has 136 valence electrons. The Balaban J connectivity index is 1.50. The van der Waals surface area contributed by atoms with Crippen molar-refractivity contribution < 1.29 is 4.79 Å². The van der Waals surface area contributed by atoms with Gasteiger partial charge in [-0.2, -0.15) is 0 Å². The Morgan fingerprint density at radius 3 is 2.73 bits per heavy atom. The Morgan fingerprint density at radius 1 is 1.19 bits per heavy atom. The molecule has 0 aromatic carbocycles. The van der Waals surface area contributed by atoms with E-state index in [0.717, 1.165) is 35.1 Å². The second-order valence-corrected chi connectivity index (χ2v) is 8.44. The summed E-state index contributed by atoms with van der Waals surface area (Å²) in [6.07, 6.45) is 3.78. The number of amides is 1. The van der Waals surface area contributed by atoms with Crippen molar-refractivity contribution in [3.05, 3.63) is 54.7 Å². The molecule has 0 bridgehead atoms. The van der Waals surface area contributed by atoms with Gasteiger partial charge in [0.15, 0.2) is 0 Å². The standard InChI is InChI=1S/C18H19N3O3S2/c22-15-14-12(5-11-26-14)20-17(24)21(15)9-8-19-16(23)18(6-1-2-7-18)13-4-3-10-25-13/h3-5,10-11H,1-2,6-9H2,(H,19,23)(H,20,24). The van der Waals surface area contributed by atoms with Crippen LogP contribution in [0, 0.1) is 0 Å². The molecule has 6 nitrogen and oxygen atoms in total. The minimum atomic E-state index is -0.455. The van der Waals surface area contributed by atoms with E-state index in [0.29, 0.717) is 10.2 Å². The van der Waals surface area contributed by atoms with E-state index >= 15 is 0 Å². The molecule has 1 aliphatic rings. The first-order valence-corrected chi connectivity index (χ1v) is 10.4. The zero-order valence-corrected chi connectivity index (χ0v) is 15.8. The molecule has 0 radical (unpaired) electrons. The van der Waals surface area contributed by atoms with Gasteiger partial charge in [-0.05, 0) is 35.7 Å². The third-order valence-corrected chi connectivity index (χ3v) is 7.07. The van der Waals surface area contributed by atoms with Crippen LogP contribution in [0.15, 0.2) is 38.5 Å². The van der Waals surface area contributed by atoms with E-state index in [4.69, 9.17) is 0 Å². The predicted molar refractivity (Wildman–Crippen MR) is 104 cm³/mol. The van der Waals surface area contributed by atoms with E-state index in [1.165, 1.54) is 11.3 Å². The van der Waals surface area contributed by atoms with Gasteiger partial charge in [-0.15, -0.1) is 22.7 Å². The fourth-order valence-electron chi connectivity index (χ4n) is 3.74. The van der Waals surface area contributed by atoms with Crippen molar-refractivity contribution in [3.8, 4) is 0 Å². The van der Waals surface area contributed by atoms with Crippen molar-refractivity contribution in [1.82, 2.24) is 14.9 Å². The molecule has 3 aromatic heterocycles. The van der Waals surface area contributed by atoms with E-state index in [1.807, 2.05) is 17.5 Å². The Morgan fingerprint density at radius 2 is 2.00 bits per heavy atom. The van der Waals surface area contributed by atoms with Crippen molar-refractivity contribution in [3.63, 3.8) is 0 Å². The molecule has 1 amide bonds. The number of fused-ring (bicyclic) bond motifs is 1. The van der Waals surface area contributed by atoms with Crippen LogP contribution in [0.1, 0.15) is 30.6 Å². The highest BCUT2D eigenvalue weighted by molar-refractivity contribution is 7.17. The quantitative estimate of drug-likeness (QED) is 0.703. The summed E-state index contributed by atoms with van der Waals surface area (Å²) < 4.78 is 1.69. The topological polar surface area (TPSA) is 84.0 Å². The lowest BCUT2D eigenvalue weighted by atomic mass is 9.83. The van der Waals surface area contributed by atoms with E-state index in [-0.39, 0.29) is 24.6 Å². The molecular formula is C18H19N3O3S2. The number of H-pyrrole nitrogens is 1. The first-order valence-electron chi connectivity index (χ1n) is 8.64. The molecule has 1 aliphatic carbocycles. The van der Waals surface area contributed by atoms with Crippen molar-refractivity contribution in [2.24, 2.45) is 0 Å². The Kier molecular flexibility index (Phi) is 4.54. The van der Waals surface area contributed by atoms with Gasteiger partial charge in [-0.1, -0.05) is 18.9 Å². The largest absolute Gasteiger partial charge is 0.354 e. The maximum atomic E-state index is 12.9. The molecule has 0 saturated heterocycles. The normalized spacial score (nSPS) is 16.2. The SMILES string of the molecule is O=C(NCCn1c(=O)[nH]c2ccsc2c1=O)C1(c2cccs2)CCCC1. The number of hydrogen-bond acceptors (Lipinski definition) is 5. The van der Waals surface area contributed by atoms with Crippen LogP contribution in [0.2, 0.25) is 0 Å². The highest BCUT2D eigenvalue weighted by atomic mass is 32.1. The van der Waals surface area contributed by atoms with Crippen LogP contribution in [-0.4, -0.2) is 22.0 Å². The molecular weight excluding hydrogens is 370 g/mol. The average molecular weight is 390 g/mol. The fraction of sp³-hybridized carbons (Fsp3) is 0.389. The average Bonchev–Trinajstić information content (AvgIpc) is 3.38. The van der Waals surface area contributed by atoms with Gasteiger partial charge in [-0.25, -0.2) is 4.79 Å². The molecule has 1 fully saturated rings. The predicted octanol–water partition coefficient (Wildman–Crippen LogP) is 2.44. The molecule has 1 saturated carbocycles. The van der Waals surface area contributed by atoms with Crippen molar-refractivity contribution in [2.45, 2.75) is 37.6 Å². The second-order valence-electron chi connectivity index (χ2n) is 6.57. The van der Waals surface area contributed by atoms with Gasteiger partial charge in [0.2, 0.25) is 5.91 Å². The van der Waals surface area contributed by atoms with Crippen molar-refractivity contribution >= 4 is 38.8 Å². The molecule has 4 rings (SSSR count). The first kappa shape index (κ1) is 17.2. The van der Waals surface area contributed by atoms with Crippen molar-refractivity contribution in [1.29, 1.82) is 0 Å². The van der Waals surface area contributed by atoms with Gasteiger partial charge < -0.3 is 10.3 Å². The van der Waals surface area contributed by atoms with E-state index in [2.05, 4.69) is 10.3 Å². The number of carbonyl (C=O) groups is 1. The lowest BCUT2D eigenvalue weighted by Crippen LogP contribution is -2.45. The van der Waals surface area contributed by atoms with Crippen LogP contribution in [-0.2, 0) is 16.8 Å². The van der Waals surface area contributed by atoms with Gasteiger partial charge in [-0.3, -0.25) is 14.2 Å². The summed E-state index contributed by atoms with van der Waals surface area (Å²) in [6, 6.07) is 5.72. The highest BCUT2D eigenvalue weighted by Gasteiger charge is 2.43. The van der Waals surface area contributed by atoms with Crippen molar-refractivity contribution in [2.75, 3.05) is 6.54 Å². The summed E-state index contributed by atoms with van der Waals surface area (Å²) in [4.78, 5) is 41.3. The second kappa shape index (κ2) is 6.85. The van der Waals surface area contributed by atoms with Crippen LogP contribution in [0.4, 0.5) is 0 Å². The Labute approximate surface area is 157 Å². The number of nitrogens with zero attached hydrogens (tertiary/aromatic N) is 1. The third-order valence-electron chi connectivity index (χ3n) is 5.10. The van der Waals surface area contributed by atoms with Crippen LogP contribution < -0.4 is 16.6 Å². The number of thiophene rings is 2. The summed E-state index contributed by atoms with van der Waals surface area (Å²) in [5.41, 5.74) is -0.637. The minimum Gasteiger partial charge on any atom is -0.354 e. The van der Waals surface area contributed by atoms with Gasteiger partial charge in [0.1, 0.15) is 4.70 Å². The lowest BCUT2D eigenvalue weighted by Gasteiger charge is -2.26. The molecule has 0 spiro atoms. The molecule has 0 atom stereocenters. The molecule has 26 heavy (non-hydrogen) atoms. The lowest BCUT2D eigenvalue weighted by molar-refractivity contribution is -0.126. The maximum absolute atomic E-state index is 12.9. The molecule has 0 unspecified atom stereocenters.